The summed E-state index contributed by atoms with van der Waals surface area (Å²) < 4.78 is 5.27. The summed E-state index contributed by atoms with van der Waals surface area (Å²) in [6.45, 7) is 13.1. The maximum absolute atomic E-state index is 14.2. The second-order valence-corrected chi connectivity index (χ2v) is 13.8. The predicted molar refractivity (Wildman–Crippen MR) is 175 cm³/mol. The fourth-order valence-electron chi connectivity index (χ4n) is 6.68. The third kappa shape index (κ3) is 9.33. The van der Waals surface area contributed by atoms with Crippen LogP contribution in [-0.4, -0.2) is 76.6 Å². The molecule has 254 valence electrons. The summed E-state index contributed by atoms with van der Waals surface area (Å²) in [5, 5.41) is 18.3. The molecule has 1 saturated heterocycles. The van der Waals surface area contributed by atoms with Crippen molar-refractivity contribution < 1.29 is 33.8 Å². The van der Waals surface area contributed by atoms with Crippen LogP contribution in [0.5, 0.6) is 0 Å². The highest BCUT2D eigenvalue weighted by molar-refractivity contribution is 5.98. The van der Waals surface area contributed by atoms with Gasteiger partial charge in [0.25, 0.3) is 0 Å². The number of carboxylic acids is 1. The van der Waals surface area contributed by atoms with Gasteiger partial charge in [-0.3, -0.25) is 14.4 Å². The summed E-state index contributed by atoms with van der Waals surface area (Å²) in [4.78, 5) is 68.1. The van der Waals surface area contributed by atoms with Crippen molar-refractivity contribution in [2.75, 3.05) is 6.54 Å². The number of ether oxygens (including phenoxy) is 1. The monoisotopic (exact) mass is 640 g/mol. The van der Waals surface area contributed by atoms with E-state index >= 15 is 0 Å². The number of fused-ring (bicyclic) bond motifs is 1. The average Bonchev–Trinajstić information content (AvgIpc) is 3.57. The van der Waals surface area contributed by atoms with E-state index in [1.54, 1.807) is 43.9 Å². The molecule has 46 heavy (non-hydrogen) atoms. The molecular weight excluding hydrogens is 588 g/mol. The summed E-state index contributed by atoms with van der Waals surface area (Å²) in [5.74, 6) is -2.31. The van der Waals surface area contributed by atoms with Crippen LogP contribution in [0.4, 0.5) is 4.79 Å². The van der Waals surface area contributed by atoms with E-state index in [4.69, 9.17) is 4.74 Å². The van der Waals surface area contributed by atoms with E-state index < -0.39 is 47.6 Å². The lowest BCUT2D eigenvalue weighted by molar-refractivity contribution is -0.143. The molecule has 6 atom stereocenters. The number of alkyl carbamates (subject to hydrolysis) is 1. The first-order valence-electron chi connectivity index (χ1n) is 16.5. The lowest BCUT2D eigenvalue weighted by atomic mass is 9.85. The average molecular weight is 641 g/mol. The normalized spacial score (nSPS) is 21.6. The van der Waals surface area contributed by atoms with Gasteiger partial charge in [0.05, 0.1) is 12.1 Å². The van der Waals surface area contributed by atoms with Gasteiger partial charge in [0.2, 0.25) is 17.7 Å². The number of hydrogen-bond acceptors (Lipinski definition) is 6. The number of allylic oxidation sites excluding steroid dienone is 1. The Bertz CT molecular complexity index is 1270. The number of hydrogen-bond donors (Lipinski definition) is 4. The first-order valence-corrected chi connectivity index (χ1v) is 16.5. The van der Waals surface area contributed by atoms with E-state index in [1.807, 2.05) is 45.9 Å². The Balaban J connectivity index is 1.84. The topological polar surface area (TPSA) is 154 Å². The largest absolute Gasteiger partial charge is 0.480 e. The summed E-state index contributed by atoms with van der Waals surface area (Å²) in [6.07, 6.45) is 4.41. The van der Waals surface area contributed by atoms with Crippen molar-refractivity contribution in [3.8, 4) is 0 Å². The number of benzene rings is 1. The van der Waals surface area contributed by atoms with Crippen molar-refractivity contribution in [1.82, 2.24) is 20.9 Å². The summed E-state index contributed by atoms with van der Waals surface area (Å²) in [6, 6.07) is 5.52. The SMILES string of the molecule is CC=C(C(=O)N[C@@H](Cc1ccccc1)C(=O)O)C(CCC)NC(=O)[C@@H]1[C@H]2CCC[C@H]2CN1C(=O)[C@@H](NC(=O)OC(C)C)C(C)(C)C. The van der Waals surface area contributed by atoms with Crippen molar-refractivity contribution in [2.24, 2.45) is 17.3 Å². The number of carbonyl (C=O) groups excluding carboxylic acids is 4. The van der Waals surface area contributed by atoms with Crippen LogP contribution in [-0.2, 0) is 30.3 Å². The molecule has 1 saturated carbocycles. The van der Waals surface area contributed by atoms with Gasteiger partial charge < -0.3 is 30.7 Å². The smallest absolute Gasteiger partial charge is 0.408 e. The zero-order valence-electron chi connectivity index (χ0n) is 28.3. The lowest BCUT2D eigenvalue weighted by Gasteiger charge is -2.36. The van der Waals surface area contributed by atoms with Gasteiger partial charge in [0, 0.05) is 18.5 Å². The minimum absolute atomic E-state index is 0.0420. The van der Waals surface area contributed by atoms with Crippen LogP contribution < -0.4 is 16.0 Å². The third-order valence-electron chi connectivity index (χ3n) is 8.89. The van der Waals surface area contributed by atoms with E-state index in [2.05, 4.69) is 16.0 Å². The second-order valence-electron chi connectivity index (χ2n) is 13.8. The van der Waals surface area contributed by atoms with E-state index in [-0.39, 0.29) is 41.7 Å². The fraction of sp³-hybridized carbons (Fsp3) is 0.629. The standard InChI is InChI=1S/C35H52N4O7/c1-8-14-26(24(9-2)30(40)37-27(33(43)44)19-22-15-11-10-12-16-22)36-31(41)28-25-18-13-17-23(25)20-39(28)32(42)29(35(5,6)7)38-34(45)46-21(3)4/h9-12,15-16,21,23,25-29H,8,13-14,17-20H2,1-7H3,(H,36,41)(H,37,40)(H,38,45)(H,43,44)/t23-,25-,26?,27-,28-,29+/m0/s1. The molecule has 11 nitrogen and oxygen atoms in total. The highest BCUT2D eigenvalue weighted by atomic mass is 16.6. The van der Waals surface area contributed by atoms with Gasteiger partial charge in [-0.25, -0.2) is 9.59 Å². The molecule has 0 spiro atoms. The minimum Gasteiger partial charge on any atom is -0.480 e. The molecule has 1 heterocycles. The molecule has 3 rings (SSSR count). The Morgan fingerprint density at radius 3 is 2.26 bits per heavy atom. The molecule has 0 radical (unpaired) electrons. The third-order valence-corrected chi connectivity index (χ3v) is 8.89. The number of nitrogens with one attached hydrogen (secondary N) is 3. The molecule has 1 unspecified atom stereocenters. The number of carboxylic acid groups (broad SMARTS) is 1. The van der Waals surface area contributed by atoms with Crippen LogP contribution in [0.3, 0.4) is 0 Å². The van der Waals surface area contributed by atoms with Crippen molar-refractivity contribution in [2.45, 2.75) is 117 Å². The maximum Gasteiger partial charge on any atom is 0.408 e. The van der Waals surface area contributed by atoms with Crippen LogP contribution in [0, 0.1) is 17.3 Å². The number of amides is 4. The molecule has 0 bridgehead atoms. The van der Waals surface area contributed by atoms with Crippen LogP contribution in [0.15, 0.2) is 42.0 Å². The van der Waals surface area contributed by atoms with E-state index in [0.717, 1.165) is 24.8 Å². The summed E-state index contributed by atoms with van der Waals surface area (Å²) in [5.41, 5.74) is 0.375. The first kappa shape index (κ1) is 36.6. The van der Waals surface area contributed by atoms with Gasteiger partial charge >= 0.3 is 12.1 Å². The van der Waals surface area contributed by atoms with Gasteiger partial charge in [-0.2, -0.15) is 0 Å². The Labute approximate surface area is 272 Å². The lowest BCUT2D eigenvalue weighted by Crippen LogP contribution is -2.59. The molecule has 0 aromatic heterocycles. The van der Waals surface area contributed by atoms with Crippen LogP contribution in [0.2, 0.25) is 0 Å². The number of aliphatic carboxylic acids is 1. The molecule has 1 aromatic rings. The van der Waals surface area contributed by atoms with E-state index in [9.17, 15) is 29.1 Å². The number of likely N-dealkylation sites (tertiary alicyclic amines) is 1. The molecule has 1 aliphatic carbocycles. The van der Waals surface area contributed by atoms with Gasteiger partial charge in [-0.1, -0.05) is 76.9 Å². The first-order chi connectivity index (χ1) is 21.7. The van der Waals surface area contributed by atoms with Gasteiger partial charge in [0.1, 0.15) is 18.1 Å². The molecule has 1 aliphatic heterocycles. The molecular formula is C35H52N4O7. The van der Waals surface area contributed by atoms with Crippen LogP contribution >= 0.6 is 0 Å². The molecule has 2 fully saturated rings. The van der Waals surface area contributed by atoms with Crippen LogP contribution in [0.25, 0.3) is 0 Å². The summed E-state index contributed by atoms with van der Waals surface area (Å²) in [7, 11) is 0. The molecule has 1 aromatic carbocycles. The van der Waals surface area contributed by atoms with Crippen LogP contribution in [0.1, 0.15) is 86.1 Å². The predicted octanol–water partition coefficient (Wildman–Crippen LogP) is 4.21. The van der Waals surface area contributed by atoms with Crippen molar-refractivity contribution >= 4 is 29.8 Å². The zero-order chi connectivity index (χ0) is 34.2. The molecule has 11 heteroatoms. The highest BCUT2D eigenvalue weighted by Gasteiger charge is 2.52. The maximum atomic E-state index is 14.2. The second kappa shape index (κ2) is 16.1. The van der Waals surface area contributed by atoms with Gasteiger partial charge in [-0.05, 0) is 62.8 Å². The highest BCUT2D eigenvalue weighted by Crippen LogP contribution is 2.43. The Morgan fingerprint density at radius 2 is 1.70 bits per heavy atom. The van der Waals surface area contributed by atoms with Crippen molar-refractivity contribution in [3.63, 3.8) is 0 Å². The molecule has 4 N–H and O–H groups in total. The Morgan fingerprint density at radius 1 is 1.02 bits per heavy atom. The number of carbonyl (C=O) groups is 5. The van der Waals surface area contributed by atoms with Gasteiger partial charge in [0.15, 0.2) is 0 Å². The fourth-order valence-corrected chi connectivity index (χ4v) is 6.68. The zero-order valence-corrected chi connectivity index (χ0v) is 28.3. The summed E-state index contributed by atoms with van der Waals surface area (Å²) >= 11 is 0. The van der Waals surface area contributed by atoms with Gasteiger partial charge in [-0.15, -0.1) is 0 Å². The molecule has 4 amide bonds. The minimum atomic E-state index is -1.16. The number of rotatable bonds is 13. The van der Waals surface area contributed by atoms with Crippen molar-refractivity contribution in [1.29, 1.82) is 0 Å². The van der Waals surface area contributed by atoms with E-state index in [0.29, 0.717) is 19.4 Å². The Kier molecular flexibility index (Phi) is 12.8. The quantitative estimate of drug-likeness (QED) is 0.236. The Hall–Kier alpha value is -3.89. The van der Waals surface area contributed by atoms with E-state index in [1.165, 1.54) is 0 Å². The molecule has 2 aliphatic rings. The number of nitrogens with zero attached hydrogens (tertiary/aromatic N) is 1. The van der Waals surface area contributed by atoms with Crippen molar-refractivity contribution in [3.05, 3.63) is 47.5 Å².